The van der Waals surface area contributed by atoms with Gasteiger partial charge in [-0.25, -0.2) is 0 Å². The van der Waals surface area contributed by atoms with Crippen molar-refractivity contribution in [3.63, 3.8) is 0 Å². The van der Waals surface area contributed by atoms with Gasteiger partial charge in [-0.1, -0.05) is 62.0 Å². The first-order chi connectivity index (χ1) is 9.55. The Morgan fingerprint density at radius 1 is 0.952 bits per heavy atom. The third kappa shape index (κ3) is 5.71. The summed E-state index contributed by atoms with van der Waals surface area (Å²) in [5.74, 6) is 0.588. The predicted molar refractivity (Wildman–Crippen MR) is 95.2 cm³/mol. The van der Waals surface area contributed by atoms with Crippen LogP contribution in [0.3, 0.4) is 0 Å². The molecule has 0 amide bonds. The van der Waals surface area contributed by atoms with Gasteiger partial charge in [-0.15, -0.1) is 0 Å². The molecule has 0 bridgehead atoms. The maximum absolute atomic E-state index is 12.0. The van der Waals surface area contributed by atoms with Gasteiger partial charge in [0.2, 0.25) is 0 Å². The standard InChI is InChI=1S/C18H36O2Si/c1-13(2)12-18(19)17(9)10-11-20-21(14(3)4,15(5)6)16(7)8/h13-16H,9-12H2,1-8H3. The lowest BCUT2D eigenvalue weighted by molar-refractivity contribution is -0.116. The molecule has 124 valence electrons. The molecule has 0 aliphatic carbocycles. The van der Waals surface area contributed by atoms with Crippen LogP contribution < -0.4 is 0 Å². The first-order valence-corrected chi connectivity index (χ1v) is 10.5. The zero-order valence-electron chi connectivity index (χ0n) is 15.5. The van der Waals surface area contributed by atoms with Gasteiger partial charge in [0.05, 0.1) is 0 Å². The molecule has 0 spiro atoms. The third-order valence-electron chi connectivity index (χ3n) is 4.45. The smallest absolute Gasteiger partial charge is 0.200 e. The Morgan fingerprint density at radius 2 is 1.38 bits per heavy atom. The molecule has 0 radical (unpaired) electrons. The van der Waals surface area contributed by atoms with Crippen molar-refractivity contribution in [3.05, 3.63) is 12.2 Å². The average molecular weight is 313 g/mol. The van der Waals surface area contributed by atoms with Gasteiger partial charge in [-0.3, -0.25) is 4.79 Å². The van der Waals surface area contributed by atoms with Crippen molar-refractivity contribution in [3.8, 4) is 0 Å². The van der Waals surface area contributed by atoms with Crippen LogP contribution in [0.1, 0.15) is 68.2 Å². The molecule has 3 heteroatoms. The minimum Gasteiger partial charge on any atom is -0.416 e. The van der Waals surface area contributed by atoms with Crippen LogP contribution in [0.2, 0.25) is 16.6 Å². The highest BCUT2D eigenvalue weighted by atomic mass is 28.4. The van der Waals surface area contributed by atoms with Crippen molar-refractivity contribution in [2.75, 3.05) is 6.61 Å². The summed E-state index contributed by atoms with van der Waals surface area (Å²) in [6.07, 6.45) is 1.27. The molecule has 0 aromatic heterocycles. The maximum atomic E-state index is 12.0. The number of carbonyl (C=O) groups is 1. The molecule has 0 saturated carbocycles. The maximum Gasteiger partial charge on any atom is 0.200 e. The van der Waals surface area contributed by atoms with E-state index in [2.05, 4.69) is 62.0 Å². The molecule has 0 unspecified atom stereocenters. The van der Waals surface area contributed by atoms with Crippen LogP contribution in [0.5, 0.6) is 0 Å². The van der Waals surface area contributed by atoms with Gasteiger partial charge < -0.3 is 4.43 Å². The highest BCUT2D eigenvalue weighted by Gasteiger charge is 2.44. The van der Waals surface area contributed by atoms with Crippen LogP contribution in [0.25, 0.3) is 0 Å². The van der Waals surface area contributed by atoms with Crippen molar-refractivity contribution < 1.29 is 9.22 Å². The van der Waals surface area contributed by atoms with Gasteiger partial charge >= 0.3 is 0 Å². The summed E-state index contributed by atoms with van der Waals surface area (Å²) in [5.41, 5.74) is 2.47. The van der Waals surface area contributed by atoms with E-state index < -0.39 is 8.32 Å². The van der Waals surface area contributed by atoms with E-state index in [1.54, 1.807) is 0 Å². The Labute approximate surface area is 133 Å². The van der Waals surface area contributed by atoms with Gasteiger partial charge in [-0.05, 0) is 34.5 Å². The lowest BCUT2D eigenvalue weighted by atomic mass is 10.0. The lowest BCUT2D eigenvalue weighted by Crippen LogP contribution is -2.48. The molecule has 0 aliphatic rings. The second-order valence-corrected chi connectivity index (χ2v) is 13.0. The van der Waals surface area contributed by atoms with Crippen LogP contribution in [0.4, 0.5) is 0 Å². The van der Waals surface area contributed by atoms with Gasteiger partial charge in [0.15, 0.2) is 14.1 Å². The van der Waals surface area contributed by atoms with Crippen molar-refractivity contribution in [1.82, 2.24) is 0 Å². The molecule has 0 aliphatic heterocycles. The van der Waals surface area contributed by atoms with Gasteiger partial charge in [0, 0.05) is 13.0 Å². The molecule has 2 nitrogen and oxygen atoms in total. The fourth-order valence-electron chi connectivity index (χ4n) is 3.51. The number of hydrogen-bond acceptors (Lipinski definition) is 2. The second kappa shape index (κ2) is 8.89. The molecule has 0 saturated heterocycles. The van der Waals surface area contributed by atoms with Gasteiger partial charge in [0.1, 0.15) is 0 Å². The highest BCUT2D eigenvalue weighted by molar-refractivity contribution is 6.77. The predicted octanol–water partition coefficient (Wildman–Crippen LogP) is 5.74. The van der Waals surface area contributed by atoms with E-state index in [4.69, 9.17) is 4.43 Å². The molecule has 21 heavy (non-hydrogen) atoms. The summed E-state index contributed by atoms with van der Waals surface area (Å²) in [6.45, 7) is 22.4. The molecule has 0 fully saturated rings. The lowest BCUT2D eigenvalue weighted by Gasteiger charge is -2.42. The van der Waals surface area contributed by atoms with Crippen LogP contribution in [-0.2, 0) is 9.22 Å². The summed E-state index contributed by atoms with van der Waals surface area (Å²) in [4.78, 5) is 12.0. The van der Waals surface area contributed by atoms with E-state index in [9.17, 15) is 4.79 Å². The fourth-order valence-corrected chi connectivity index (χ4v) is 8.96. The average Bonchev–Trinajstić information content (AvgIpc) is 2.31. The SMILES string of the molecule is C=C(CCO[Si](C(C)C)(C(C)C)C(C)C)C(=O)CC(C)C. The summed E-state index contributed by atoms with van der Waals surface area (Å²) in [6, 6.07) is 0. The topological polar surface area (TPSA) is 26.3 Å². The van der Waals surface area contributed by atoms with Crippen LogP contribution in [0, 0.1) is 5.92 Å². The van der Waals surface area contributed by atoms with Gasteiger partial charge in [0.25, 0.3) is 0 Å². The van der Waals surface area contributed by atoms with E-state index in [1.807, 2.05) is 0 Å². The minimum atomic E-state index is -1.81. The summed E-state index contributed by atoms with van der Waals surface area (Å²) < 4.78 is 6.47. The number of carbonyl (C=O) groups excluding carboxylic acids is 1. The summed E-state index contributed by atoms with van der Waals surface area (Å²) in [7, 11) is -1.81. The van der Waals surface area contributed by atoms with E-state index in [1.165, 1.54) is 0 Å². The number of ketones is 1. The largest absolute Gasteiger partial charge is 0.416 e. The van der Waals surface area contributed by atoms with Crippen molar-refractivity contribution >= 4 is 14.1 Å². The van der Waals surface area contributed by atoms with Crippen molar-refractivity contribution in [1.29, 1.82) is 0 Å². The normalized spacial score (nSPS) is 12.8. The van der Waals surface area contributed by atoms with E-state index in [-0.39, 0.29) is 5.78 Å². The summed E-state index contributed by atoms with van der Waals surface area (Å²) >= 11 is 0. The van der Waals surface area contributed by atoms with Gasteiger partial charge in [-0.2, -0.15) is 0 Å². The Balaban J connectivity index is 4.66. The zero-order chi connectivity index (χ0) is 16.8. The molecular formula is C18H36O2Si. The Morgan fingerprint density at radius 3 is 1.71 bits per heavy atom. The van der Waals surface area contributed by atoms with E-state index >= 15 is 0 Å². The molecule has 0 rings (SSSR count). The van der Waals surface area contributed by atoms with Crippen LogP contribution in [0.15, 0.2) is 12.2 Å². The number of Topliss-reactive ketones (excluding diaryl/α,β-unsaturated/α-hetero) is 1. The molecule has 0 N–H and O–H groups in total. The first-order valence-electron chi connectivity index (χ1n) is 8.40. The molecule has 0 heterocycles. The quantitative estimate of drug-likeness (QED) is 0.380. The fraction of sp³-hybridized carbons (Fsp3) is 0.833. The second-order valence-electron chi connectivity index (χ2n) is 7.54. The van der Waals surface area contributed by atoms with E-state index in [0.717, 1.165) is 5.57 Å². The molecule has 0 aromatic carbocycles. The summed E-state index contributed by atoms with van der Waals surface area (Å²) in [5, 5.41) is 0. The molecule has 0 atom stereocenters. The van der Waals surface area contributed by atoms with E-state index in [0.29, 0.717) is 42.0 Å². The number of hydrogen-bond donors (Lipinski definition) is 0. The Bertz CT molecular complexity index is 321. The van der Waals surface area contributed by atoms with Crippen molar-refractivity contribution in [2.24, 2.45) is 5.92 Å². The highest BCUT2D eigenvalue weighted by Crippen LogP contribution is 2.42. The minimum absolute atomic E-state index is 0.194. The van der Waals surface area contributed by atoms with Crippen LogP contribution in [-0.4, -0.2) is 20.7 Å². The Kier molecular flexibility index (Phi) is 8.72. The number of rotatable bonds is 10. The zero-order valence-corrected chi connectivity index (χ0v) is 16.5. The van der Waals surface area contributed by atoms with Crippen molar-refractivity contribution in [2.45, 2.75) is 84.9 Å². The first kappa shape index (κ1) is 20.6. The monoisotopic (exact) mass is 312 g/mol. The Hall–Kier alpha value is -0.413. The third-order valence-corrected chi connectivity index (χ3v) is 10.6. The van der Waals surface area contributed by atoms with Crippen LogP contribution >= 0.6 is 0 Å². The molecule has 0 aromatic rings. The molecular weight excluding hydrogens is 276 g/mol.